The molecule has 0 aliphatic rings. The molecule has 0 saturated heterocycles. The fourth-order valence-corrected chi connectivity index (χ4v) is 5.35. The lowest BCUT2D eigenvalue weighted by molar-refractivity contribution is -0.139. The molecule has 2 amide bonds. The first-order valence-electron chi connectivity index (χ1n) is 12.9. The van der Waals surface area contributed by atoms with E-state index in [9.17, 15) is 18.0 Å². The molecule has 0 unspecified atom stereocenters. The first-order chi connectivity index (χ1) is 18.6. The number of aryl methyl sites for hydroxylation is 1. The summed E-state index contributed by atoms with van der Waals surface area (Å²) in [5.74, 6) is -0.279. The van der Waals surface area contributed by atoms with Gasteiger partial charge in [-0.2, -0.15) is 0 Å². The maximum absolute atomic E-state index is 13.9. The fraction of sp³-hybridized carbons (Fsp3) is 0.333. The topological polar surface area (TPSA) is 96.0 Å². The van der Waals surface area contributed by atoms with Gasteiger partial charge in [0.2, 0.25) is 11.8 Å². The maximum Gasteiger partial charge on any atom is 0.264 e. The summed E-state index contributed by atoms with van der Waals surface area (Å²) in [7, 11) is -2.63. The van der Waals surface area contributed by atoms with Gasteiger partial charge in [0.1, 0.15) is 18.3 Å². The van der Waals surface area contributed by atoms with Gasteiger partial charge in [0.15, 0.2) is 0 Å². The number of hydrogen-bond acceptors (Lipinski definition) is 5. The number of ether oxygens (including phenoxy) is 1. The van der Waals surface area contributed by atoms with Crippen molar-refractivity contribution in [3.63, 3.8) is 0 Å². The van der Waals surface area contributed by atoms with E-state index in [1.54, 1.807) is 49.4 Å². The lowest BCUT2D eigenvalue weighted by Gasteiger charge is -2.32. The molecule has 39 heavy (non-hydrogen) atoms. The van der Waals surface area contributed by atoms with Crippen LogP contribution in [0.5, 0.6) is 5.75 Å². The SMILES string of the molecule is CC[C@H](C)NC(=O)[C@@H](C)N(Cc1ccc(C)cc1)C(=O)CN(c1ccccc1)S(=O)(=O)c1ccc(OC)cc1. The van der Waals surface area contributed by atoms with E-state index in [-0.39, 0.29) is 23.4 Å². The second kappa shape index (κ2) is 13.3. The summed E-state index contributed by atoms with van der Waals surface area (Å²) in [6, 6.07) is 21.3. The molecule has 1 N–H and O–H groups in total. The lowest BCUT2D eigenvalue weighted by Crippen LogP contribution is -2.52. The molecule has 0 aliphatic carbocycles. The van der Waals surface area contributed by atoms with Crippen LogP contribution in [-0.2, 0) is 26.2 Å². The van der Waals surface area contributed by atoms with Crippen LogP contribution >= 0.6 is 0 Å². The van der Waals surface area contributed by atoms with E-state index in [1.807, 2.05) is 45.0 Å². The molecule has 0 heterocycles. The molecule has 0 bridgehead atoms. The van der Waals surface area contributed by atoms with Gasteiger partial charge in [-0.05, 0) is 69.2 Å². The summed E-state index contributed by atoms with van der Waals surface area (Å²) in [5.41, 5.74) is 2.25. The maximum atomic E-state index is 13.9. The number of nitrogens with one attached hydrogen (secondary N) is 1. The van der Waals surface area contributed by atoms with Crippen LogP contribution in [0.1, 0.15) is 38.3 Å². The monoisotopic (exact) mass is 551 g/mol. The van der Waals surface area contributed by atoms with Gasteiger partial charge >= 0.3 is 0 Å². The second-order valence-electron chi connectivity index (χ2n) is 9.52. The van der Waals surface area contributed by atoms with Crippen molar-refractivity contribution < 1.29 is 22.7 Å². The molecule has 2 atom stereocenters. The summed E-state index contributed by atoms with van der Waals surface area (Å²) in [6.07, 6.45) is 0.742. The van der Waals surface area contributed by atoms with Gasteiger partial charge in [-0.3, -0.25) is 13.9 Å². The standard InChI is InChI=1S/C30H37N3O5S/c1-6-23(3)31-30(35)24(4)32(20-25-14-12-22(2)13-15-25)29(34)21-33(26-10-8-7-9-11-26)39(36,37)28-18-16-27(38-5)17-19-28/h7-19,23-24H,6,20-21H2,1-5H3,(H,31,35)/t23-,24+/m0/s1. The Morgan fingerprint density at radius 1 is 0.923 bits per heavy atom. The molecule has 0 aliphatic heterocycles. The third kappa shape index (κ3) is 7.60. The Morgan fingerprint density at radius 3 is 2.10 bits per heavy atom. The molecule has 0 saturated carbocycles. The van der Waals surface area contributed by atoms with Crippen LogP contribution in [0.15, 0.2) is 83.8 Å². The van der Waals surface area contributed by atoms with Crippen molar-refractivity contribution in [3.8, 4) is 5.75 Å². The number of nitrogens with zero attached hydrogens (tertiary/aromatic N) is 2. The first kappa shape index (κ1) is 29.7. The fourth-order valence-electron chi connectivity index (χ4n) is 3.94. The summed E-state index contributed by atoms with van der Waals surface area (Å²) in [5, 5.41) is 2.93. The van der Waals surface area contributed by atoms with Gasteiger partial charge in [-0.1, -0.05) is 55.0 Å². The quantitative estimate of drug-likeness (QED) is 0.357. The Labute approximate surface area is 231 Å². The molecule has 3 aromatic carbocycles. The third-order valence-corrected chi connectivity index (χ3v) is 8.40. The van der Waals surface area contributed by atoms with Crippen LogP contribution in [-0.4, -0.2) is 50.9 Å². The molecular weight excluding hydrogens is 514 g/mol. The van der Waals surface area contributed by atoms with Crippen molar-refractivity contribution >= 4 is 27.5 Å². The van der Waals surface area contributed by atoms with Crippen LogP contribution in [0.2, 0.25) is 0 Å². The summed E-state index contributed by atoms with van der Waals surface area (Å²) >= 11 is 0. The Bertz CT molecular complexity index is 1340. The normalized spacial score (nSPS) is 12.7. The molecule has 0 radical (unpaired) electrons. The van der Waals surface area contributed by atoms with E-state index in [1.165, 1.54) is 24.1 Å². The van der Waals surface area contributed by atoms with Crippen LogP contribution in [0.3, 0.4) is 0 Å². The summed E-state index contributed by atoms with van der Waals surface area (Å²) < 4.78 is 33.9. The number of carbonyl (C=O) groups is 2. The summed E-state index contributed by atoms with van der Waals surface area (Å²) in [4.78, 5) is 28.4. The molecule has 208 valence electrons. The molecule has 0 fully saturated rings. The highest BCUT2D eigenvalue weighted by molar-refractivity contribution is 7.92. The zero-order valence-corrected chi connectivity index (χ0v) is 23.9. The number of para-hydroxylation sites is 1. The van der Waals surface area contributed by atoms with Gasteiger partial charge in [0.05, 0.1) is 17.7 Å². The van der Waals surface area contributed by atoms with E-state index >= 15 is 0 Å². The Morgan fingerprint density at radius 2 is 1.54 bits per heavy atom. The zero-order chi connectivity index (χ0) is 28.6. The molecule has 9 heteroatoms. The average molecular weight is 552 g/mol. The Kier molecular flexibility index (Phi) is 10.1. The van der Waals surface area contributed by atoms with Crippen molar-refractivity contribution in [2.24, 2.45) is 0 Å². The molecule has 0 spiro atoms. The smallest absolute Gasteiger partial charge is 0.264 e. The van der Waals surface area contributed by atoms with E-state index < -0.39 is 28.5 Å². The van der Waals surface area contributed by atoms with E-state index in [0.29, 0.717) is 11.4 Å². The number of carbonyl (C=O) groups excluding carboxylic acids is 2. The minimum atomic E-state index is -4.13. The van der Waals surface area contributed by atoms with Crippen molar-refractivity contribution in [1.82, 2.24) is 10.2 Å². The predicted octanol–water partition coefficient (Wildman–Crippen LogP) is 4.53. The van der Waals surface area contributed by atoms with Gasteiger partial charge < -0.3 is 15.0 Å². The van der Waals surface area contributed by atoms with Crippen molar-refractivity contribution in [3.05, 3.63) is 90.0 Å². The third-order valence-electron chi connectivity index (χ3n) is 6.61. The average Bonchev–Trinajstić information content (AvgIpc) is 2.95. The molecule has 8 nitrogen and oxygen atoms in total. The van der Waals surface area contributed by atoms with Crippen LogP contribution < -0.4 is 14.4 Å². The van der Waals surface area contributed by atoms with Gasteiger partial charge in [-0.25, -0.2) is 8.42 Å². The number of rotatable bonds is 12. The predicted molar refractivity (Wildman–Crippen MR) is 153 cm³/mol. The number of amides is 2. The van der Waals surface area contributed by atoms with E-state index in [2.05, 4.69) is 5.32 Å². The number of sulfonamides is 1. The summed E-state index contributed by atoms with van der Waals surface area (Å²) in [6.45, 7) is 7.16. The minimum absolute atomic E-state index is 0.0209. The van der Waals surface area contributed by atoms with Crippen molar-refractivity contribution in [1.29, 1.82) is 0 Å². The van der Waals surface area contributed by atoms with Crippen LogP contribution in [0.25, 0.3) is 0 Å². The second-order valence-corrected chi connectivity index (χ2v) is 11.4. The highest BCUT2D eigenvalue weighted by atomic mass is 32.2. The van der Waals surface area contributed by atoms with Crippen LogP contribution in [0.4, 0.5) is 5.69 Å². The molecular formula is C30H37N3O5S. The van der Waals surface area contributed by atoms with Crippen LogP contribution in [0, 0.1) is 6.92 Å². The van der Waals surface area contributed by atoms with Gasteiger partial charge in [0.25, 0.3) is 10.0 Å². The largest absolute Gasteiger partial charge is 0.497 e. The number of methoxy groups -OCH3 is 1. The first-order valence-corrected chi connectivity index (χ1v) is 14.4. The Hall–Kier alpha value is -3.85. The number of hydrogen-bond donors (Lipinski definition) is 1. The minimum Gasteiger partial charge on any atom is -0.497 e. The molecule has 3 aromatic rings. The number of anilines is 1. The highest BCUT2D eigenvalue weighted by Gasteiger charge is 2.32. The Balaban J connectivity index is 1.99. The van der Waals surface area contributed by atoms with E-state index in [4.69, 9.17) is 4.74 Å². The van der Waals surface area contributed by atoms with Crippen molar-refractivity contribution in [2.45, 2.75) is 57.6 Å². The zero-order valence-electron chi connectivity index (χ0n) is 23.1. The molecule has 0 aromatic heterocycles. The van der Waals surface area contributed by atoms with Gasteiger partial charge in [0, 0.05) is 12.6 Å². The lowest BCUT2D eigenvalue weighted by atomic mass is 10.1. The molecule has 3 rings (SSSR count). The number of benzene rings is 3. The van der Waals surface area contributed by atoms with E-state index in [0.717, 1.165) is 21.9 Å². The van der Waals surface area contributed by atoms with Crippen molar-refractivity contribution in [2.75, 3.05) is 18.0 Å². The van der Waals surface area contributed by atoms with Gasteiger partial charge in [-0.15, -0.1) is 0 Å². The highest BCUT2D eigenvalue weighted by Crippen LogP contribution is 2.26.